The average molecular weight is 358 g/mol. The molecule has 1 heteroatoms. The van der Waals surface area contributed by atoms with Crippen molar-refractivity contribution in [1.82, 2.24) is 4.98 Å². The molecule has 1 aromatic heterocycles. The summed E-state index contributed by atoms with van der Waals surface area (Å²) in [6.07, 6.45) is 2.01. The molecule has 0 radical (unpaired) electrons. The van der Waals surface area contributed by atoms with Gasteiger partial charge in [-0.25, -0.2) is 0 Å². The lowest BCUT2D eigenvalue weighted by molar-refractivity contribution is 0.590. The van der Waals surface area contributed by atoms with Crippen molar-refractivity contribution in [3.63, 3.8) is 0 Å². The minimum atomic E-state index is 0.162. The standard InChI is InChI=1S/C26H31N/c1-18-16-23(19-8-12-21(13-9-19)25(2,3)4)24(17-27-18)20-10-14-22(15-11-20)26(5,6)7/h8-17H,1-7H3. The molecular weight excluding hydrogens is 326 g/mol. The van der Waals surface area contributed by atoms with Crippen molar-refractivity contribution in [1.29, 1.82) is 0 Å². The van der Waals surface area contributed by atoms with E-state index in [9.17, 15) is 0 Å². The number of aryl methyl sites for hydroxylation is 1. The number of aromatic nitrogens is 1. The van der Waals surface area contributed by atoms with E-state index >= 15 is 0 Å². The Bertz CT molecular complexity index is 918. The normalized spacial score (nSPS) is 12.3. The maximum absolute atomic E-state index is 4.57. The van der Waals surface area contributed by atoms with Crippen LogP contribution in [0.5, 0.6) is 0 Å². The van der Waals surface area contributed by atoms with Gasteiger partial charge in [0, 0.05) is 17.5 Å². The van der Waals surface area contributed by atoms with Gasteiger partial charge in [-0.05, 0) is 51.6 Å². The molecule has 1 heterocycles. The van der Waals surface area contributed by atoms with Gasteiger partial charge in [0.15, 0.2) is 0 Å². The Morgan fingerprint density at radius 3 is 1.41 bits per heavy atom. The fourth-order valence-electron chi connectivity index (χ4n) is 3.33. The van der Waals surface area contributed by atoms with Crippen molar-refractivity contribution in [2.75, 3.05) is 0 Å². The second-order valence-electron chi connectivity index (χ2n) is 9.53. The van der Waals surface area contributed by atoms with E-state index in [1.165, 1.54) is 33.4 Å². The van der Waals surface area contributed by atoms with Crippen molar-refractivity contribution >= 4 is 0 Å². The van der Waals surface area contributed by atoms with Crippen molar-refractivity contribution in [2.45, 2.75) is 59.3 Å². The van der Waals surface area contributed by atoms with Crippen LogP contribution in [0.25, 0.3) is 22.3 Å². The summed E-state index contributed by atoms with van der Waals surface area (Å²) in [5, 5.41) is 0. The van der Waals surface area contributed by atoms with E-state index in [2.05, 4.69) is 108 Å². The molecule has 0 aliphatic rings. The molecule has 0 bridgehead atoms. The van der Waals surface area contributed by atoms with Crippen LogP contribution in [0.3, 0.4) is 0 Å². The third kappa shape index (κ3) is 4.30. The Labute approximate surface area is 164 Å². The quantitative estimate of drug-likeness (QED) is 0.468. The zero-order chi connectivity index (χ0) is 19.8. The van der Waals surface area contributed by atoms with Gasteiger partial charge in [-0.3, -0.25) is 4.98 Å². The topological polar surface area (TPSA) is 12.9 Å². The molecule has 0 N–H and O–H groups in total. The first-order chi connectivity index (χ1) is 12.6. The first kappa shape index (κ1) is 19.4. The second kappa shape index (κ2) is 6.96. The van der Waals surface area contributed by atoms with Gasteiger partial charge in [0.25, 0.3) is 0 Å². The monoisotopic (exact) mass is 357 g/mol. The van der Waals surface area contributed by atoms with Gasteiger partial charge in [0.2, 0.25) is 0 Å². The zero-order valence-corrected chi connectivity index (χ0v) is 17.7. The predicted octanol–water partition coefficient (Wildman–Crippen LogP) is 7.32. The third-order valence-electron chi connectivity index (χ3n) is 5.16. The summed E-state index contributed by atoms with van der Waals surface area (Å²) in [4.78, 5) is 4.57. The zero-order valence-electron chi connectivity index (χ0n) is 17.7. The van der Waals surface area contributed by atoms with Crippen LogP contribution in [0.1, 0.15) is 58.4 Å². The molecule has 0 saturated heterocycles. The minimum absolute atomic E-state index is 0.162. The highest BCUT2D eigenvalue weighted by atomic mass is 14.7. The summed E-state index contributed by atoms with van der Waals surface area (Å²) in [5.41, 5.74) is 8.95. The molecule has 0 spiro atoms. The van der Waals surface area contributed by atoms with E-state index in [4.69, 9.17) is 0 Å². The number of rotatable bonds is 2. The van der Waals surface area contributed by atoms with Crippen LogP contribution in [0.4, 0.5) is 0 Å². The van der Waals surface area contributed by atoms with Crippen LogP contribution in [-0.2, 0) is 10.8 Å². The first-order valence-electron chi connectivity index (χ1n) is 9.74. The van der Waals surface area contributed by atoms with Crippen LogP contribution >= 0.6 is 0 Å². The summed E-state index contributed by atoms with van der Waals surface area (Å²) < 4.78 is 0. The minimum Gasteiger partial charge on any atom is -0.261 e. The summed E-state index contributed by atoms with van der Waals surface area (Å²) in [6.45, 7) is 15.6. The molecular formula is C26H31N. The average Bonchev–Trinajstić information content (AvgIpc) is 2.60. The van der Waals surface area contributed by atoms with Crippen LogP contribution in [0.2, 0.25) is 0 Å². The Kier molecular flexibility index (Phi) is 4.99. The number of hydrogen-bond donors (Lipinski definition) is 0. The molecule has 2 aromatic carbocycles. The van der Waals surface area contributed by atoms with Crippen LogP contribution in [0.15, 0.2) is 60.8 Å². The summed E-state index contributed by atoms with van der Waals surface area (Å²) in [5.74, 6) is 0. The molecule has 27 heavy (non-hydrogen) atoms. The SMILES string of the molecule is Cc1cc(-c2ccc(C(C)(C)C)cc2)c(-c2ccc(C(C)(C)C)cc2)cn1. The Balaban J connectivity index is 2.06. The van der Waals surface area contributed by atoms with E-state index in [0.29, 0.717) is 0 Å². The van der Waals surface area contributed by atoms with E-state index in [1.54, 1.807) is 0 Å². The van der Waals surface area contributed by atoms with E-state index < -0.39 is 0 Å². The maximum atomic E-state index is 4.57. The molecule has 3 rings (SSSR count). The van der Waals surface area contributed by atoms with Gasteiger partial charge in [-0.15, -0.1) is 0 Å². The summed E-state index contributed by atoms with van der Waals surface area (Å²) >= 11 is 0. The van der Waals surface area contributed by atoms with Gasteiger partial charge in [0.1, 0.15) is 0 Å². The first-order valence-corrected chi connectivity index (χ1v) is 9.74. The van der Waals surface area contributed by atoms with E-state index in [0.717, 1.165) is 5.69 Å². The number of hydrogen-bond acceptors (Lipinski definition) is 1. The highest BCUT2D eigenvalue weighted by Gasteiger charge is 2.16. The van der Waals surface area contributed by atoms with Gasteiger partial charge < -0.3 is 0 Å². The molecule has 0 saturated carbocycles. The lowest BCUT2D eigenvalue weighted by Crippen LogP contribution is -2.10. The number of pyridine rings is 1. The molecule has 0 amide bonds. The van der Waals surface area contributed by atoms with Crippen LogP contribution in [-0.4, -0.2) is 4.98 Å². The van der Waals surface area contributed by atoms with E-state index in [1.807, 2.05) is 6.20 Å². The molecule has 140 valence electrons. The van der Waals surface area contributed by atoms with Crippen LogP contribution < -0.4 is 0 Å². The highest BCUT2D eigenvalue weighted by molar-refractivity contribution is 5.83. The van der Waals surface area contributed by atoms with E-state index in [-0.39, 0.29) is 10.8 Å². The highest BCUT2D eigenvalue weighted by Crippen LogP contribution is 2.34. The van der Waals surface area contributed by atoms with Gasteiger partial charge >= 0.3 is 0 Å². The molecule has 0 fully saturated rings. The summed E-state index contributed by atoms with van der Waals surface area (Å²) in [7, 11) is 0. The molecule has 0 aliphatic carbocycles. The van der Waals surface area contributed by atoms with Crippen molar-refractivity contribution in [3.05, 3.63) is 77.6 Å². The lowest BCUT2D eigenvalue weighted by atomic mass is 9.85. The van der Waals surface area contributed by atoms with Crippen molar-refractivity contribution in [2.24, 2.45) is 0 Å². The maximum Gasteiger partial charge on any atom is 0.0379 e. The summed E-state index contributed by atoms with van der Waals surface area (Å²) in [6, 6.07) is 20.1. The largest absolute Gasteiger partial charge is 0.261 e. The number of benzene rings is 2. The Morgan fingerprint density at radius 1 is 0.593 bits per heavy atom. The van der Waals surface area contributed by atoms with Gasteiger partial charge in [-0.2, -0.15) is 0 Å². The third-order valence-corrected chi connectivity index (χ3v) is 5.16. The molecule has 1 nitrogen and oxygen atoms in total. The fourth-order valence-corrected chi connectivity index (χ4v) is 3.33. The molecule has 3 aromatic rings. The number of nitrogens with zero attached hydrogens (tertiary/aromatic N) is 1. The van der Waals surface area contributed by atoms with Gasteiger partial charge in [-0.1, -0.05) is 90.1 Å². The van der Waals surface area contributed by atoms with Crippen LogP contribution in [0, 0.1) is 6.92 Å². The molecule has 0 atom stereocenters. The predicted molar refractivity (Wildman–Crippen MR) is 117 cm³/mol. The Hall–Kier alpha value is -2.41. The van der Waals surface area contributed by atoms with Crippen molar-refractivity contribution < 1.29 is 0 Å². The van der Waals surface area contributed by atoms with Gasteiger partial charge in [0.05, 0.1) is 0 Å². The molecule has 0 aliphatic heterocycles. The fraction of sp³-hybridized carbons (Fsp3) is 0.346. The lowest BCUT2D eigenvalue weighted by Gasteiger charge is -2.20. The Morgan fingerprint density at radius 2 is 1.00 bits per heavy atom. The second-order valence-corrected chi connectivity index (χ2v) is 9.53. The van der Waals surface area contributed by atoms with Crippen molar-refractivity contribution in [3.8, 4) is 22.3 Å². The molecule has 0 unspecified atom stereocenters. The smallest absolute Gasteiger partial charge is 0.0379 e.